The van der Waals surface area contributed by atoms with Gasteiger partial charge < -0.3 is 10.2 Å². The molecule has 3 rings (SSSR count). The zero-order valence-corrected chi connectivity index (χ0v) is 15.6. The van der Waals surface area contributed by atoms with E-state index in [1.54, 1.807) is 11.1 Å². The Labute approximate surface area is 154 Å². The van der Waals surface area contributed by atoms with Gasteiger partial charge in [-0.25, -0.2) is 9.18 Å². The molecule has 26 heavy (non-hydrogen) atoms. The lowest BCUT2D eigenvalue weighted by Gasteiger charge is -2.36. The quantitative estimate of drug-likeness (QED) is 0.841. The number of pyridine rings is 1. The lowest BCUT2D eigenvalue weighted by atomic mass is 9.87. The molecule has 1 N–H and O–H groups in total. The van der Waals surface area contributed by atoms with Gasteiger partial charge in [0.2, 0.25) is 0 Å². The molecular formula is C21H26FN3O. The predicted molar refractivity (Wildman–Crippen MR) is 102 cm³/mol. The van der Waals surface area contributed by atoms with Crippen molar-refractivity contribution in [1.29, 1.82) is 0 Å². The van der Waals surface area contributed by atoms with Crippen LogP contribution in [0, 0.1) is 6.92 Å². The number of amides is 2. The average Bonchev–Trinajstić information content (AvgIpc) is 2.63. The third-order valence-electron chi connectivity index (χ3n) is 5.11. The van der Waals surface area contributed by atoms with Crippen LogP contribution in [0.25, 0.3) is 0 Å². The van der Waals surface area contributed by atoms with Crippen LogP contribution in [0.15, 0.2) is 42.6 Å². The summed E-state index contributed by atoms with van der Waals surface area (Å²) >= 11 is 0. The molecule has 0 atom stereocenters. The lowest BCUT2D eigenvalue weighted by Crippen LogP contribution is -2.45. The van der Waals surface area contributed by atoms with Crippen LogP contribution in [0.4, 0.5) is 14.9 Å². The van der Waals surface area contributed by atoms with Crippen LogP contribution in [0.1, 0.15) is 49.4 Å². The van der Waals surface area contributed by atoms with Gasteiger partial charge in [0, 0.05) is 37.8 Å². The zero-order valence-electron chi connectivity index (χ0n) is 15.6. The van der Waals surface area contributed by atoms with Crippen molar-refractivity contribution in [1.82, 2.24) is 9.88 Å². The molecule has 1 aliphatic rings. The Kier molecular flexibility index (Phi) is 5.25. The van der Waals surface area contributed by atoms with E-state index >= 15 is 4.39 Å². The van der Waals surface area contributed by atoms with Crippen molar-refractivity contribution in [3.8, 4) is 0 Å². The first kappa shape index (κ1) is 18.4. The number of alkyl halides is 1. The molecule has 0 bridgehead atoms. The molecular weight excluding hydrogens is 329 g/mol. The molecule has 4 nitrogen and oxygen atoms in total. The first-order valence-electron chi connectivity index (χ1n) is 9.16. The van der Waals surface area contributed by atoms with Crippen molar-refractivity contribution in [3.05, 3.63) is 59.4 Å². The molecule has 0 radical (unpaired) electrons. The van der Waals surface area contributed by atoms with E-state index in [2.05, 4.69) is 24.1 Å². The molecule has 0 spiro atoms. The Morgan fingerprint density at radius 3 is 2.42 bits per heavy atom. The first-order chi connectivity index (χ1) is 12.4. The van der Waals surface area contributed by atoms with Gasteiger partial charge in [0.1, 0.15) is 0 Å². The fourth-order valence-corrected chi connectivity index (χ4v) is 3.41. The highest BCUT2D eigenvalue weighted by Crippen LogP contribution is 2.37. The van der Waals surface area contributed by atoms with Gasteiger partial charge in [-0.2, -0.15) is 0 Å². The molecule has 1 fully saturated rings. The number of likely N-dealkylation sites (tertiary alicyclic amines) is 1. The van der Waals surface area contributed by atoms with Gasteiger partial charge >= 0.3 is 6.03 Å². The summed E-state index contributed by atoms with van der Waals surface area (Å²) in [5.74, 6) is 0.453. The maximum Gasteiger partial charge on any atom is 0.321 e. The van der Waals surface area contributed by atoms with E-state index in [-0.39, 0.29) is 18.9 Å². The van der Waals surface area contributed by atoms with Crippen molar-refractivity contribution < 1.29 is 9.18 Å². The van der Waals surface area contributed by atoms with E-state index in [0.717, 1.165) is 11.3 Å². The summed E-state index contributed by atoms with van der Waals surface area (Å²) in [7, 11) is 0. The second-order valence-electron chi connectivity index (χ2n) is 7.33. The average molecular weight is 355 g/mol. The maximum atomic E-state index is 15.3. The van der Waals surface area contributed by atoms with Crippen molar-refractivity contribution >= 4 is 11.7 Å². The monoisotopic (exact) mass is 355 g/mol. The smallest absolute Gasteiger partial charge is 0.321 e. The standard InChI is InChI=1S/C21H26FN3O/c1-15(2)17-6-8-18(9-7-17)24-20(26)25-13-10-21(22,11-14-25)19-16(3)5-4-12-23-19/h4-9,12,15H,10-11,13-14H2,1-3H3,(H,24,26). The number of rotatable bonds is 3. The van der Waals surface area contributed by atoms with Crippen LogP contribution in [0.3, 0.4) is 0 Å². The number of benzene rings is 1. The summed E-state index contributed by atoms with van der Waals surface area (Å²) in [5, 5.41) is 2.91. The number of nitrogens with zero attached hydrogens (tertiary/aromatic N) is 2. The molecule has 1 aromatic heterocycles. The van der Waals surface area contributed by atoms with Crippen LogP contribution in [0.5, 0.6) is 0 Å². The number of carbonyl (C=O) groups is 1. The van der Waals surface area contributed by atoms with Gasteiger partial charge in [-0.15, -0.1) is 0 Å². The Hall–Kier alpha value is -2.43. The number of nitrogens with one attached hydrogen (secondary N) is 1. The number of aryl methyl sites for hydroxylation is 1. The highest BCUT2D eigenvalue weighted by atomic mass is 19.1. The Balaban J connectivity index is 1.61. The van der Waals surface area contributed by atoms with Crippen LogP contribution in [-0.4, -0.2) is 29.0 Å². The fourth-order valence-electron chi connectivity index (χ4n) is 3.41. The number of aromatic nitrogens is 1. The molecule has 5 heteroatoms. The molecule has 138 valence electrons. The summed E-state index contributed by atoms with van der Waals surface area (Å²) in [6, 6.07) is 11.4. The van der Waals surface area contributed by atoms with Gasteiger partial charge in [0.15, 0.2) is 5.67 Å². The van der Waals surface area contributed by atoms with Crippen molar-refractivity contribution in [3.63, 3.8) is 0 Å². The third kappa shape index (κ3) is 3.87. The zero-order chi connectivity index (χ0) is 18.7. The van der Waals surface area contributed by atoms with Crippen molar-refractivity contribution in [2.45, 2.75) is 45.2 Å². The molecule has 1 saturated heterocycles. The number of hydrogen-bond donors (Lipinski definition) is 1. The second kappa shape index (κ2) is 7.44. The first-order valence-corrected chi connectivity index (χ1v) is 9.16. The van der Waals surface area contributed by atoms with Crippen LogP contribution in [-0.2, 0) is 5.67 Å². The summed E-state index contributed by atoms with van der Waals surface area (Å²) in [5.41, 5.74) is 1.90. The Bertz CT molecular complexity index is 765. The number of hydrogen-bond acceptors (Lipinski definition) is 2. The molecule has 1 aromatic carbocycles. The van der Waals surface area contributed by atoms with E-state index in [1.165, 1.54) is 5.56 Å². The lowest BCUT2D eigenvalue weighted by molar-refractivity contribution is 0.0677. The highest BCUT2D eigenvalue weighted by molar-refractivity contribution is 5.89. The minimum Gasteiger partial charge on any atom is -0.324 e. The van der Waals surface area contributed by atoms with E-state index < -0.39 is 5.67 Å². The van der Waals surface area contributed by atoms with E-state index in [4.69, 9.17) is 0 Å². The molecule has 0 unspecified atom stereocenters. The number of halogens is 1. The molecule has 2 aromatic rings. The molecule has 2 amide bonds. The number of piperidine rings is 1. The number of anilines is 1. The SMILES string of the molecule is Cc1cccnc1C1(F)CCN(C(=O)Nc2ccc(C(C)C)cc2)CC1. The molecule has 1 aliphatic heterocycles. The maximum absolute atomic E-state index is 15.3. The summed E-state index contributed by atoms with van der Waals surface area (Å²) in [4.78, 5) is 18.4. The largest absolute Gasteiger partial charge is 0.324 e. The third-order valence-corrected chi connectivity index (χ3v) is 5.11. The van der Waals surface area contributed by atoms with E-state index in [1.807, 2.05) is 43.3 Å². The Morgan fingerprint density at radius 1 is 1.19 bits per heavy atom. The number of carbonyl (C=O) groups excluding carboxylic acids is 1. The topological polar surface area (TPSA) is 45.2 Å². The summed E-state index contributed by atoms with van der Waals surface area (Å²) < 4.78 is 15.3. The normalized spacial score (nSPS) is 16.6. The minimum absolute atomic E-state index is 0.179. The predicted octanol–water partition coefficient (Wildman–Crippen LogP) is 5.01. The summed E-state index contributed by atoms with van der Waals surface area (Å²) in [6.45, 7) is 6.90. The Morgan fingerprint density at radius 2 is 1.85 bits per heavy atom. The minimum atomic E-state index is -1.46. The van der Waals surface area contributed by atoms with Gasteiger partial charge in [0.05, 0.1) is 5.69 Å². The van der Waals surface area contributed by atoms with Gasteiger partial charge in [-0.05, 0) is 42.2 Å². The van der Waals surface area contributed by atoms with Crippen LogP contribution < -0.4 is 5.32 Å². The van der Waals surface area contributed by atoms with Crippen molar-refractivity contribution in [2.75, 3.05) is 18.4 Å². The van der Waals surface area contributed by atoms with Crippen molar-refractivity contribution in [2.24, 2.45) is 0 Å². The number of urea groups is 1. The highest BCUT2D eigenvalue weighted by Gasteiger charge is 2.39. The molecule has 0 aliphatic carbocycles. The van der Waals surface area contributed by atoms with Gasteiger partial charge in [-0.3, -0.25) is 4.98 Å². The molecule has 0 saturated carbocycles. The van der Waals surface area contributed by atoms with Crippen LogP contribution >= 0.6 is 0 Å². The summed E-state index contributed by atoms with van der Waals surface area (Å²) in [6.07, 6.45) is 2.17. The second-order valence-corrected chi connectivity index (χ2v) is 7.33. The molecule has 2 heterocycles. The van der Waals surface area contributed by atoms with Crippen LogP contribution in [0.2, 0.25) is 0 Å². The van der Waals surface area contributed by atoms with Gasteiger partial charge in [0.25, 0.3) is 0 Å². The fraction of sp³-hybridized carbons (Fsp3) is 0.429. The van der Waals surface area contributed by atoms with Gasteiger partial charge in [-0.1, -0.05) is 32.0 Å². The van der Waals surface area contributed by atoms with E-state index in [9.17, 15) is 4.79 Å². The van der Waals surface area contributed by atoms with E-state index in [0.29, 0.717) is 24.7 Å².